The average molecular weight is 365 g/mol. The Balaban J connectivity index is 1.56. The van der Waals surface area contributed by atoms with Crippen LogP contribution in [-0.4, -0.2) is 22.5 Å². The molecule has 3 aliphatic rings. The SMILES string of the molecule is C#Cc1c(C2CC2)cc(CC(=O)NC2(C(=O)O)CCCCC2)cc1C1CC1. The first-order chi connectivity index (χ1) is 13.0. The number of carboxylic acid groups (broad SMARTS) is 1. The molecule has 0 bridgehead atoms. The summed E-state index contributed by atoms with van der Waals surface area (Å²) < 4.78 is 0. The summed E-state index contributed by atoms with van der Waals surface area (Å²) >= 11 is 0. The van der Waals surface area contributed by atoms with Gasteiger partial charge in [-0.25, -0.2) is 4.79 Å². The fourth-order valence-corrected chi connectivity index (χ4v) is 4.50. The Morgan fingerprint density at radius 1 is 1.07 bits per heavy atom. The van der Waals surface area contributed by atoms with E-state index in [1.54, 1.807) is 0 Å². The van der Waals surface area contributed by atoms with Gasteiger partial charge in [-0.3, -0.25) is 4.79 Å². The van der Waals surface area contributed by atoms with Crippen molar-refractivity contribution < 1.29 is 14.7 Å². The molecular formula is C23H27NO3. The third kappa shape index (κ3) is 3.74. The van der Waals surface area contributed by atoms with E-state index in [-0.39, 0.29) is 12.3 Å². The van der Waals surface area contributed by atoms with Gasteiger partial charge in [0.15, 0.2) is 0 Å². The number of aliphatic carboxylic acids is 1. The van der Waals surface area contributed by atoms with E-state index in [1.807, 2.05) is 0 Å². The molecular weight excluding hydrogens is 338 g/mol. The lowest BCUT2D eigenvalue weighted by Gasteiger charge is -2.34. The van der Waals surface area contributed by atoms with Gasteiger partial charge in [-0.05, 0) is 67.1 Å². The van der Waals surface area contributed by atoms with Crippen molar-refractivity contribution in [3.8, 4) is 12.3 Å². The van der Waals surface area contributed by atoms with Gasteiger partial charge in [0.25, 0.3) is 0 Å². The first-order valence-electron chi connectivity index (χ1n) is 10.2. The lowest BCUT2D eigenvalue weighted by Crippen LogP contribution is -2.56. The molecule has 1 aromatic carbocycles. The van der Waals surface area contributed by atoms with E-state index in [0.717, 1.165) is 56.1 Å². The van der Waals surface area contributed by atoms with Crippen LogP contribution < -0.4 is 5.32 Å². The molecule has 4 nitrogen and oxygen atoms in total. The predicted octanol–water partition coefficient (Wildman–Crippen LogP) is 3.87. The van der Waals surface area contributed by atoms with E-state index < -0.39 is 11.5 Å². The Hall–Kier alpha value is -2.28. The van der Waals surface area contributed by atoms with Crippen LogP contribution in [0.25, 0.3) is 0 Å². The Morgan fingerprint density at radius 3 is 2.07 bits per heavy atom. The van der Waals surface area contributed by atoms with E-state index in [0.29, 0.717) is 24.7 Å². The molecule has 3 saturated carbocycles. The summed E-state index contributed by atoms with van der Waals surface area (Å²) in [6.45, 7) is 0. The van der Waals surface area contributed by atoms with Crippen LogP contribution in [-0.2, 0) is 16.0 Å². The van der Waals surface area contributed by atoms with Gasteiger partial charge in [-0.2, -0.15) is 0 Å². The summed E-state index contributed by atoms with van der Waals surface area (Å²) in [4.78, 5) is 24.5. The third-order valence-corrected chi connectivity index (χ3v) is 6.30. The lowest BCUT2D eigenvalue weighted by molar-refractivity contribution is -0.149. The molecule has 0 unspecified atom stereocenters. The summed E-state index contributed by atoms with van der Waals surface area (Å²) in [6.07, 6.45) is 14.5. The van der Waals surface area contributed by atoms with Gasteiger partial charge in [0.2, 0.25) is 5.91 Å². The minimum Gasteiger partial charge on any atom is -0.480 e. The zero-order valence-corrected chi connectivity index (χ0v) is 15.7. The number of nitrogens with one attached hydrogen (secondary N) is 1. The third-order valence-electron chi connectivity index (χ3n) is 6.30. The Bertz CT molecular complexity index is 772. The smallest absolute Gasteiger partial charge is 0.329 e. The number of amides is 1. The molecule has 0 atom stereocenters. The Labute approximate surface area is 160 Å². The van der Waals surface area contributed by atoms with Crippen LogP contribution >= 0.6 is 0 Å². The zero-order chi connectivity index (χ0) is 19.0. The molecule has 142 valence electrons. The average Bonchev–Trinajstić information content (AvgIpc) is 3.55. The second kappa shape index (κ2) is 7.03. The summed E-state index contributed by atoms with van der Waals surface area (Å²) in [7, 11) is 0. The molecule has 1 aromatic rings. The minimum atomic E-state index is -1.09. The van der Waals surface area contributed by atoms with E-state index in [9.17, 15) is 14.7 Å². The maximum Gasteiger partial charge on any atom is 0.329 e. The molecule has 3 aliphatic carbocycles. The molecule has 3 fully saturated rings. The quantitative estimate of drug-likeness (QED) is 0.752. The van der Waals surface area contributed by atoms with Crippen LogP contribution in [0, 0.1) is 12.3 Å². The molecule has 0 radical (unpaired) electrons. The maximum absolute atomic E-state index is 12.7. The lowest BCUT2D eigenvalue weighted by atomic mass is 9.81. The Kier molecular flexibility index (Phi) is 4.72. The number of benzene rings is 1. The van der Waals surface area contributed by atoms with Crippen molar-refractivity contribution in [1.29, 1.82) is 0 Å². The first-order valence-corrected chi connectivity index (χ1v) is 10.2. The number of rotatable bonds is 6. The zero-order valence-electron chi connectivity index (χ0n) is 15.7. The highest BCUT2D eigenvalue weighted by Crippen LogP contribution is 2.47. The van der Waals surface area contributed by atoms with Crippen LogP contribution in [0.5, 0.6) is 0 Å². The summed E-state index contributed by atoms with van der Waals surface area (Å²) in [6, 6.07) is 4.18. The van der Waals surface area contributed by atoms with E-state index >= 15 is 0 Å². The Morgan fingerprint density at radius 2 is 1.63 bits per heavy atom. The van der Waals surface area contributed by atoms with Crippen LogP contribution in [0.15, 0.2) is 12.1 Å². The number of carbonyl (C=O) groups is 2. The van der Waals surface area contributed by atoms with Crippen molar-refractivity contribution in [2.45, 2.75) is 81.6 Å². The van der Waals surface area contributed by atoms with Crippen LogP contribution in [0.1, 0.15) is 91.9 Å². The van der Waals surface area contributed by atoms with Gasteiger partial charge in [-0.1, -0.05) is 37.3 Å². The molecule has 0 aliphatic heterocycles. The number of carboxylic acids is 1. The topological polar surface area (TPSA) is 66.4 Å². The molecule has 4 rings (SSSR count). The summed E-state index contributed by atoms with van der Waals surface area (Å²) in [5, 5.41) is 12.5. The van der Waals surface area contributed by atoms with Gasteiger partial charge in [0.1, 0.15) is 5.54 Å². The highest BCUT2D eigenvalue weighted by molar-refractivity contribution is 5.88. The van der Waals surface area contributed by atoms with Crippen molar-refractivity contribution >= 4 is 11.9 Å². The van der Waals surface area contributed by atoms with Gasteiger partial charge < -0.3 is 10.4 Å². The summed E-state index contributed by atoms with van der Waals surface area (Å²) in [5.74, 6) is 2.85. The predicted molar refractivity (Wildman–Crippen MR) is 104 cm³/mol. The normalized spacial score (nSPS) is 21.3. The van der Waals surface area contributed by atoms with Crippen LogP contribution in [0.2, 0.25) is 0 Å². The van der Waals surface area contributed by atoms with E-state index in [2.05, 4.69) is 23.4 Å². The van der Waals surface area contributed by atoms with Crippen molar-refractivity contribution in [3.63, 3.8) is 0 Å². The van der Waals surface area contributed by atoms with Gasteiger partial charge in [-0.15, -0.1) is 6.42 Å². The monoisotopic (exact) mass is 365 g/mol. The van der Waals surface area contributed by atoms with Crippen molar-refractivity contribution in [1.82, 2.24) is 5.32 Å². The van der Waals surface area contributed by atoms with Crippen LogP contribution in [0.3, 0.4) is 0 Å². The summed E-state index contributed by atoms with van der Waals surface area (Å²) in [5.41, 5.74) is 3.35. The molecule has 4 heteroatoms. The number of carbonyl (C=O) groups excluding carboxylic acids is 1. The minimum absolute atomic E-state index is 0.198. The standard InChI is InChI=1S/C23H27NO3/c1-2-18-19(16-6-7-16)12-15(13-20(18)17-8-9-17)14-21(25)24-23(22(26)27)10-4-3-5-11-23/h1,12-13,16-17H,3-11,14H2,(H,24,25)(H,26,27). The van der Waals surface area contributed by atoms with Gasteiger partial charge in [0, 0.05) is 5.56 Å². The molecule has 1 amide bonds. The number of terminal acetylenes is 1. The second-order valence-electron chi connectivity index (χ2n) is 8.52. The van der Waals surface area contributed by atoms with Crippen molar-refractivity contribution in [2.75, 3.05) is 0 Å². The van der Waals surface area contributed by atoms with Gasteiger partial charge >= 0.3 is 5.97 Å². The number of hydrogen-bond acceptors (Lipinski definition) is 2. The largest absolute Gasteiger partial charge is 0.480 e. The highest BCUT2D eigenvalue weighted by atomic mass is 16.4. The fourth-order valence-electron chi connectivity index (χ4n) is 4.50. The second-order valence-corrected chi connectivity index (χ2v) is 8.52. The van der Waals surface area contributed by atoms with E-state index in [4.69, 9.17) is 6.42 Å². The van der Waals surface area contributed by atoms with Gasteiger partial charge in [0.05, 0.1) is 6.42 Å². The molecule has 0 aromatic heterocycles. The molecule has 27 heavy (non-hydrogen) atoms. The maximum atomic E-state index is 12.7. The van der Waals surface area contributed by atoms with E-state index in [1.165, 1.54) is 11.1 Å². The molecule has 2 N–H and O–H groups in total. The van der Waals surface area contributed by atoms with Crippen molar-refractivity contribution in [3.05, 3.63) is 34.4 Å². The fraction of sp³-hybridized carbons (Fsp3) is 0.565. The number of hydrogen-bond donors (Lipinski definition) is 2. The molecule has 0 saturated heterocycles. The molecule has 0 spiro atoms. The first kappa shape index (κ1) is 18.1. The van der Waals surface area contributed by atoms with Crippen LogP contribution in [0.4, 0.5) is 0 Å². The highest BCUT2D eigenvalue weighted by Gasteiger charge is 2.41. The van der Waals surface area contributed by atoms with Crippen molar-refractivity contribution in [2.24, 2.45) is 0 Å². The molecule has 0 heterocycles.